The molecule has 0 amide bonds. The molecule has 0 atom stereocenters. The first kappa shape index (κ1) is 9.18. The van der Waals surface area contributed by atoms with Crippen molar-refractivity contribution in [2.75, 3.05) is 5.43 Å². The lowest BCUT2D eigenvalue weighted by Crippen LogP contribution is -2.05. The van der Waals surface area contributed by atoms with Crippen molar-refractivity contribution in [2.24, 2.45) is 5.84 Å². The van der Waals surface area contributed by atoms with Gasteiger partial charge in [-0.25, -0.2) is 10.8 Å². The molecule has 0 aliphatic rings. The van der Waals surface area contributed by atoms with Crippen molar-refractivity contribution in [3.63, 3.8) is 0 Å². The van der Waals surface area contributed by atoms with E-state index in [-0.39, 0.29) is 0 Å². The van der Waals surface area contributed by atoms with E-state index in [1.165, 1.54) is 0 Å². The Morgan fingerprint density at radius 3 is 2.57 bits per heavy atom. The van der Waals surface area contributed by atoms with Gasteiger partial charge in [-0.2, -0.15) is 0 Å². The molecule has 1 heterocycles. The van der Waals surface area contributed by atoms with Crippen molar-refractivity contribution in [1.29, 1.82) is 0 Å². The van der Waals surface area contributed by atoms with Crippen LogP contribution in [0.2, 0.25) is 0 Å². The zero-order chi connectivity index (χ0) is 9.97. The molecule has 14 heavy (non-hydrogen) atoms. The van der Waals surface area contributed by atoms with Crippen molar-refractivity contribution in [2.45, 2.75) is 6.92 Å². The van der Waals surface area contributed by atoms with Gasteiger partial charge in [-0.3, -0.25) is 0 Å². The van der Waals surface area contributed by atoms with Crippen LogP contribution in [0, 0.1) is 6.92 Å². The summed E-state index contributed by atoms with van der Waals surface area (Å²) < 4.78 is 0. The fourth-order valence-electron chi connectivity index (χ4n) is 1.23. The van der Waals surface area contributed by atoms with Crippen LogP contribution in [0.4, 0.5) is 5.00 Å². The highest BCUT2D eigenvalue weighted by atomic mass is 32.1. The van der Waals surface area contributed by atoms with E-state index >= 15 is 0 Å². The number of nitrogens with two attached hydrogens (primary N) is 1. The summed E-state index contributed by atoms with van der Waals surface area (Å²) in [6.45, 7) is 1.94. The second-order valence-corrected chi connectivity index (χ2v) is 3.94. The molecule has 2 aromatic rings. The molecule has 0 radical (unpaired) electrons. The number of hydrazine groups is 1. The summed E-state index contributed by atoms with van der Waals surface area (Å²) in [6, 6.07) is 10.1. The third kappa shape index (κ3) is 1.62. The van der Waals surface area contributed by atoms with Gasteiger partial charge in [0.05, 0.1) is 5.69 Å². The van der Waals surface area contributed by atoms with Gasteiger partial charge in [-0.05, 0) is 6.92 Å². The molecule has 0 saturated carbocycles. The standard InChI is InChI=1S/C10H11N3S/c1-7-9(13-11)14-10(12-7)8-5-3-2-4-6-8/h2-6,13H,11H2,1H3. The van der Waals surface area contributed by atoms with Crippen LogP contribution in [0.25, 0.3) is 10.6 Å². The maximum atomic E-state index is 5.36. The fraction of sp³-hybridized carbons (Fsp3) is 0.100. The number of rotatable bonds is 2. The molecule has 0 spiro atoms. The Labute approximate surface area is 86.6 Å². The van der Waals surface area contributed by atoms with Gasteiger partial charge in [0, 0.05) is 5.56 Å². The smallest absolute Gasteiger partial charge is 0.126 e. The first-order valence-corrected chi connectivity index (χ1v) is 5.12. The van der Waals surface area contributed by atoms with E-state index in [0.29, 0.717) is 0 Å². The second kappa shape index (κ2) is 3.77. The van der Waals surface area contributed by atoms with E-state index < -0.39 is 0 Å². The van der Waals surface area contributed by atoms with E-state index in [9.17, 15) is 0 Å². The highest BCUT2D eigenvalue weighted by Crippen LogP contribution is 2.30. The monoisotopic (exact) mass is 205 g/mol. The number of aryl methyl sites for hydroxylation is 1. The Balaban J connectivity index is 2.43. The van der Waals surface area contributed by atoms with Crippen LogP contribution < -0.4 is 11.3 Å². The molecular formula is C10H11N3S. The summed E-state index contributed by atoms with van der Waals surface area (Å²) in [5.74, 6) is 5.36. The summed E-state index contributed by atoms with van der Waals surface area (Å²) in [7, 11) is 0. The maximum absolute atomic E-state index is 5.36. The first-order valence-electron chi connectivity index (χ1n) is 4.30. The molecular weight excluding hydrogens is 194 g/mol. The Kier molecular flexibility index (Phi) is 2.47. The van der Waals surface area contributed by atoms with Crippen LogP contribution in [0.5, 0.6) is 0 Å². The third-order valence-electron chi connectivity index (χ3n) is 1.95. The minimum absolute atomic E-state index is 0.920. The highest BCUT2D eigenvalue weighted by molar-refractivity contribution is 7.19. The number of anilines is 1. The summed E-state index contributed by atoms with van der Waals surface area (Å²) in [6.07, 6.45) is 0. The van der Waals surface area contributed by atoms with Gasteiger partial charge in [-0.15, -0.1) is 0 Å². The summed E-state index contributed by atoms with van der Waals surface area (Å²) >= 11 is 1.57. The maximum Gasteiger partial charge on any atom is 0.126 e. The van der Waals surface area contributed by atoms with Crippen LogP contribution in [0.3, 0.4) is 0 Å². The van der Waals surface area contributed by atoms with E-state index in [2.05, 4.69) is 10.4 Å². The average Bonchev–Trinajstić information content (AvgIpc) is 2.61. The molecule has 0 aliphatic carbocycles. The fourth-order valence-corrected chi connectivity index (χ4v) is 2.12. The molecule has 2 rings (SSSR count). The Morgan fingerprint density at radius 1 is 1.29 bits per heavy atom. The van der Waals surface area contributed by atoms with Crippen molar-refractivity contribution in [3.8, 4) is 10.6 Å². The number of aromatic nitrogens is 1. The number of hydrogen-bond acceptors (Lipinski definition) is 4. The molecule has 1 aromatic heterocycles. The van der Waals surface area contributed by atoms with Crippen molar-refractivity contribution in [3.05, 3.63) is 36.0 Å². The number of hydrogen-bond donors (Lipinski definition) is 2. The van der Waals surface area contributed by atoms with E-state index in [1.807, 2.05) is 37.3 Å². The summed E-state index contributed by atoms with van der Waals surface area (Å²) in [4.78, 5) is 4.43. The van der Waals surface area contributed by atoms with Crippen LogP contribution in [0.1, 0.15) is 5.69 Å². The van der Waals surface area contributed by atoms with Crippen molar-refractivity contribution >= 4 is 16.3 Å². The average molecular weight is 205 g/mol. The highest BCUT2D eigenvalue weighted by Gasteiger charge is 2.07. The molecule has 0 aliphatic heterocycles. The molecule has 3 nitrogen and oxygen atoms in total. The van der Waals surface area contributed by atoms with Gasteiger partial charge < -0.3 is 5.43 Å². The Bertz CT molecular complexity index is 422. The Morgan fingerprint density at radius 2 is 2.00 bits per heavy atom. The minimum atomic E-state index is 0.920. The largest absolute Gasteiger partial charge is 0.314 e. The SMILES string of the molecule is Cc1nc(-c2ccccc2)sc1NN. The minimum Gasteiger partial charge on any atom is -0.314 e. The molecule has 4 heteroatoms. The van der Waals surface area contributed by atoms with Crippen LogP contribution >= 0.6 is 11.3 Å². The van der Waals surface area contributed by atoms with Gasteiger partial charge in [0.15, 0.2) is 0 Å². The summed E-state index contributed by atoms with van der Waals surface area (Å²) in [5.41, 5.74) is 4.71. The quantitative estimate of drug-likeness (QED) is 0.584. The lowest BCUT2D eigenvalue weighted by atomic mass is 10.2. The zero-order valence-electron chi connectivity index (χ0n) is 7.82. The summed E-state index contributed by atoms with van der Waals surface area (Å²) in [5, 5.41) is 1.92. The van der Waals surface area contributed by atoms with E-state index in [4.69, 9.17) is 5.84 Å². The number of thiazole rings is 1. The van der Waals surface area contributed by atoms with Gasteiger partial charge >= 0.3 is 0 Å². The zero-order valence-corrected chi connectivity index (χ0v) is 8.64. The van der Waals surface area contributed by atoms with E-state index in [1.54, 1.807) is 11.3 Å². The molecule has 0 saturated heterocycles. The number of benzene rings is 1. The van der Waals surface area contributed by atoms with Crippen LogP contribution in [0.15, 0.2) is 30.3 Å². The Hall–Kier alpha value is -1.39. The number of nitrogen functional groups attached to an aromatic ring is 1. The van der Waals surface area contributed by atoms with Crippen LogP contribution in [-0.4, -0.2) is 4.98 Å². The number of nitrogens with zero attached hydrogens (tertiary/aromatic N) is 1. The normalized spacial score (nSPS) is 10.1. The van der Waals surface area contributed by atoms with Crippen molar-refractivity contribution < 1.29 is 0 Å². The lowest BCUT2D eigenvalue weighted by Gasteiger charge is -1.93. The topological polar surface area (TPSA) is 50.9 Å². The molecule has 0 fully saturated rings. The predicted molar refractivity (Wildman–Crippen MR) is 60.1 cm³/mol. The van der Waals surface area contributed by atoms with Gasteiger partial charge in [-0.1, -0.05) is 41.7 Å². The van der Waals surface area contributed by atoms with Gasteiger partial charge in [0.2, 0.25) is 0 Å². The lowest BCUT2D eigenvalue weighted by molar-refractivity contribution is 1.24. The molecule has 72 valence electrons. The molecule has 0 unspecified atom stereocenters. The first-order chi connectivity index (χ1) is 6.81. The predicted octanol–water partition coefficient (Wildman–Crippen LogP) is 2.40. The third-order valence-corrected chi connectivity index (χ3v) is 3.09. The van der Waals surface area contributed by atoms with Crippen LogP contribution in [-0.2, 0) is 0 Å². The second-order valence-electron chi connectivity index (χ2n) is 2.94. The van der Waals surface area contributed by atoms with Crippen molar-refractivity contribution in [1.82, 2.24) is 4.98 Å². The number of nitrogens with one attached hydrogen (secondary N) is 1. The molecule has 1 aromatic carbocycles. The molecule has 3 N–H and O–H groups in total. The van der Waals surface area contributed by atoms with E-state index in [0.717, 1.165) is 21.3 Å². The van der Waals surface area contributed by atoms with Gasteiger partial charge in [0.1, 0.15) is 10.0 Å². The molecule has 0 bridgehead atoms. The van der Waals surface area contributed by atoms with Gasteiger partial charge in [0.25, 0.3) is 0 Å².